The van der Waals surface area contributed by atoms with Crippen molar-refractivity contribution in [1.29, 1.82) is 0 Å². The fraction of sp³-hybridized carbons (Fsp3) is 0.600. The van der Waals surface area contributed by atoms with Crippen LogP contribution in [-0.4, -0.2) is 13.7 Å². The molecule has 0 bridgehead atoms. The van der Waals surface area contributed by atoms with Crippen molar-refractivity contribution in [1.82, 2.24) is 5.32 Å². The van der Waals surface area contributed by atoms with Crippen LogP contribution >= 0.6 is 0 Å². The van der Waals surface area contributed by atoms with E-state index in [2.05, 4.69) is 33.0 Å². The van der Waals surface area contributed by atoms with Gasteiger partial charge >= 0.3 is 0 Å². The molecule has 0 aliphatic carbocycles. The Labute approximate surface area is 110 Å². The Kier molecular flexibility index (Phi) is 5.15. The summed E-state index contributed by atoms with van der Waals surface area (Å²) in [6.45, 7) is 9.48. The van der Waals surface area contributed by atoms with E-state index in [1.807, 2.05) is 6.07 Å². The Morgan fingerprint density at radius 1 is 1.33 bits per heavy atom. The summed E-state index contributed by atoms with van der Waals surface area (Å²) in [4.78, 5) is 0. The fourth-order valence-electron chi connectivity index (χ4n) is 2.12. The maximum atomic E-state index is 13.8. The van der Waals surface area contributed by atoms with Gasteiger partial charge < -0.3 is 10.1 Å². The predicted octanol–water partition coefficient (Wildman–Crippen LogP) is 3.92. The standard InChI is InChI=1S/C15H24FNO/c1-6-15(3,4)14(17-7-2)11-8-9-13(18-5)12(16)10-11/h8-10,14,17H,6-7H2,1-5H3. The molecule has 1 aromatic rings. The van der Waals surface area contributed by atoms with Crippen molar-refractivity contribution in [2.45, 2.75) is 40.2 Å². The predicted molar refractivity (Wildman–Crippen MR) is 73.4 cm³/mol. The quantitative estimate of drug-likeness (QED) is 0.829. The average Bonchev–Trinajstić information content (AvgIpc) is 2.35. The highest BCUT2D eigenvalue weighted by atomic mass is 19.1. The van der Waals surface area contributed by atoms with Crippen LogP contribution in [0.25, 0.3) is 0 Å². The highest BCUT2D eigenvalue weighted by Crippen LogP contribution is 2.37. The van der Waals surface area contributed by atoms with Crippen LogP contribution < -0.4 is 10.1 Å². The molecule has 0 aliphatic heterocycles. The van der Waals surface area contributed by atoms with Gasteiger partial charge in [-0.2, -0.15) is 0 Å². The van der Waals surface area contributed by atoms with Crippen LogP contribution in [0.15, 0.2) is 18.2 Å². The molecule has 0 aliphatic rings. The van der Waals surface area contributed by atoms with Crippen LogP contribution in [0, 0.1) is 11.2 Å². The molecule has 2 nitrogen and oxygen atoms in total. The minimum absolute atomic E-state index is 0.0804. The second-order valence-electron chi connectivity index (χ2n) is 5.23. The smallest absolute Gasteiger partial charge is 0.165 e. The Morgan fingerprint density at radius 2 is 2.00 bits per heavy atom. The van der Waals surface area contributed by atoms with E-state index in [0.717, 1.165) is 18.5 Å². The Hall–Kier alpha value is -1.09. The molecule has 0 amide bonds. The van der Waals surface area contributed by atoms with Crippen LogP contribution in [0.4, 0.5) is 4.39 Å². The van der Waals surface area contributed by atoms with Gasteiger partial charge in [0.05, 0.1) is 7.11 Å². The molecule has 0 saturated carbocycles. The Morgan fingerprint density at radius 3 is 2.44 bits per heavy atom. The van der Waals surface area contributed by atoms with Gasteiger partial charge in [-0.25, -0.2) is 4.39 Å². The molecule has 1 aromatic carbocycles. The van der Waals surface area contributed by atoms with Crippen molar-refractivity contribution in [3.05, 3.63) is 29.6 Å². The topological polar surface area (TPSA) is 21.3 Å². The van der Waals surface area contributed by atoms with E-state index in [4.69, 9.17) is 4.74 Å². The van der Waals surface area contributed by atoms with Crippen molar-refractivity contribution >= 4 is 0 Å². The summed E-state index contributed by atoms with van der Waals surface area (Å²) in [6, 6.07) is 5.35. The number of nitrogens with one attached hydrogen (secondary N) is 1. The third-order valence-corrected chi connectivity index (χ3v) is 3.61. The molecule has 1 N–H and O–H groups in total. The van der Waals surface area contributed by atoms with Gasteiger partial charge in [0.15, 0.2) is 11.6 Å². The van der Waals surface area contributed by atoms with Crippen molar-refractivity contribution in [2.24, 2.45) is 5.41 Å². The average molecular weight is 253 g/mol. The summed E-state index contributed by atoms with van der Waals surface area (Å²) in [7, 11) is 1.48. The van der Waals surface area contributed by atoms with Crippen LogP contribution in [0.1, 0.15) is 45.7 Å². The summed E-state index contributed by atoms with van der Waals surface area (Å²) < 4.78 is 18.7. The zero-order valence-corrected chi connectivity index (χ0v) is 12.0. The zero-order valence-electron chi connectivity index (χ0n) is 12.0. The number of hydrogen-bond donors (Lipinski definition) is 1. The lowest BCUT2D eigenvalue weighted by atomic mass is 9.78. The lowest BCUT2D eigenvalue weighted by molar-refractivity contribution is 0.236. The molecule has 0 spiro atoms. The summed E-state index contributed by atoms with van der Waals surface area (Å²) in [6.07, 6.45) is 1.03. The minimum Gasteiger partial charge on any atom is -0.494 e. The lowest BCUT2D eigenvalue weighted by Crippen LogP contribution is -2.33. The molecule has 0 heterocycles. The number of rotatable bonds is 6. The third kappa shape index (κ3) is 3.22. The molecular weight excluding hydrogens is 229 g/mol. The second kappa shape index (κ2) is 6.19. The van der Waals surface area contributed by atoms with E-state index >= 15 is 0 Å². The van der Waals surface area contributed by atoms with E-state index in [-0.39, 0.29) is 17.3 Å². The molecular formula is C15H24FNO. The normalized spacial score (nSPS) is 13.4. The largest absolute Gasteiger partial charge is 0.494 e. The first-order valence-corrected chi connectivity index (χ1v) is 6.53. The summed E-state index contributed by atoms with van der Waals surface area (Å²) in [5.41, 5.74) is 1.05. The molecule has 0 aromatic heterocycles. The van der Waals surface area contributed by atoms with E-state index in [0.29, 0.717) is 5.75 Å². The summed E-state index contributed by atoms with van der Waals surface area (Å²) in [5, 5.41) is 3.45. The molecule has 1 unspecified atom stereocenters. The van der Waals surface area contributed by atoms with Crippen LogP contribution in [-0.2, 0) is 0 Å². The van der Waals surface area contributed by atoms with Crippen molar-refractivity contribution < 1.29 is 9.13 Å². The Balaban J connectivity index is 3.10. The number of ether oxygens (including phenoxy) is 1. The van der Waals surface area contributed by atoms with E-state index in [1.54, 1.807) is 12.1 Å². The van der Waals surface area contributed by atoms with Crippen LogP contribution in [0.5, 0.6) is 5.75 Å². The van der Waals surface area contributed by atoms with Gasteiger partial charge in [-0.3, -0.25) is 0 Å². The molecule has 0 fully saturated rings. The number of halogens is 1. The van der Waals surface area contributed by atoms with Gasteiger partial charge in [0, 0.05) is 6.04 Å². The van der Waals surface area contributed by atoms with E-state index in [9.17, 15) is 4.39 Å². The maximum absolute atomic E-state index is 13.8. The van der Waals surface area contributed by atoms with Crippen molar-refractivity contribution in [3.8, 4) is 5.75 Å². The minimum atomic E-state index is -0.301. The van der Waals surface area contributed by atoms with Gasteiger partial charge in [0.1, 0.15) is 0 Å². The number of hydrogen-bond acceptors (Lipinski definition) is 2. The molecule has 18 heavy (non-hydrogen) atoms. The van der Waals surface area contributed by atoms with E-state index < -0.39 is 0 Å². The lowest BCUT2D eigenvalue weighted by Gasteiger charge is -2.34. The second-order valence-corrected chi connectivity index (χ2v) is 5.23. The fourth-order valence-corrected chi connectivity index (χ4v) is 2.12. The molecule has 1 atom stereocenters. The number of benzene rings is 1. The third-order valence-electron chi connectivity index (χ3n) is 3.61. The van der Waals surface area contributed by atoms with Gasteiger partial charge in [-0.1, -0.05) is 33.8 Å². The van der Waals surface area contributed by atoms with Gasteiger partial charge in [0.2, 0.25) is 0 Å². The maximum Gasteiger partial charge on any atom is 0.165 e. The molecule has 0 saturated heterocycles. The first-order valence-electron chi connectivity index (χ1n) is 6.53. The molecule has 1 rings (SSSR count). The highest BCUT2D eigenvalue weighted by Gasteiger charge is 2.28. The molecule has 102 valence electrons. The molecule has 3 heteroatoms. The van der Waals surface area contributed by atoms with Crippen molar-refractivity contribution in [2.75, 3.05) is 13.7 Å². The monoisotopic (exact) mass is 253 g/mol. The number of methoxy groups -OCH3 is 1. The summed E-state index contributed by atoms with van der Waals surface area (Å²) in [5.74, 6) is -0.00638. The Bertz CT molecular complexity index is 390. The first kappa shape index (κ1) is 15.0. The SMILES string of the molecule is CCNC(c1ccc(OC)c(F)c1)C(C)(C)CC. The van der Waals surface area contributed by atoms with Gasteiger partial charge in [0.25, 0.3) is 0 Å². The van der Waals surface area contributed by atoms with Crippen LogP contribution in [0.3, 0.4) is 0 Å². The summed E-state index contributed by atoms with van der Waals surface area (Å²) >= 11 is 0. The van der Waals surface area contributed by atoms with Gasteiger partial charge in [-0.15, -0.1) is 0 Å². The van der Waals surface area contributed by atoms with Gasteiger partial charge in [-0.05, 0) is 36.1 Å². The van der Waals surface area contributed by atoms with E-state index in [1.165, 1.54) is 7.11 Å². The van der Waals surface area contributed by atoms with Crippen molar-refractivity contribution in [3.63, 3.8) is 0 Å². The van der Waals surface area contributed by atoms with Crippen LogP contribution in [0.2, 0.25) is 0 Å². The zero-order chi connectivity index (χ0) is 13.8. The first-order chi connectivity index (χ1) is 8.46. The molecule has 0 radical (unpaired) electrons. The highest BCUT2D eigenvalue weighted by molar-refractivity contribution is 5.31.